The summed E-state index contributed by atoms with van der Waals surface area (Å²) in [5.41, 5.74) is 4.05. The molecule has 0 unspecified atom stereocenters. The summed E-state index contributed by atoms with van der Waals surface area (Å²) >= 11 is 0. The van der Waals surface area contributed by atoms with Crippen LogP contribution in [-0.2, 0) is 39.6 Å². The fraction of sp³-hybridized carbons (Fsp3) is 0.387. The van der Waals surface area contributed by atoms with Gasteiger partial charge in [-0.05, 0) is 64.8 Å². The number of sulfonamides is 1. The minimum Gasteiger partial charge on any atom is -0.493 e. The monoisotopic (exact) mass is 550 g/mol. The average Bonchev–Trinajstić information content (AvgIpc) is 2.94. The van der Waals surface area contributed by atoms with Crippen LogP contribution < -0.4 is 9.47 Å². The van der Waals surface area contributed by atoms with Crippen LogP contribution in [0.1, 0.15) is 43.0 Å². The van der Waals surface area contributed by atoms with Crippen molar-refractivity contribution in [3.05, 3.63) is 89.0 Å². The first-order chi connectivity index (χ1) is 18.5. The van der Waals surface area contributed by atoms with Gasteiger partial charge in [0.15, 0.2) is 11.5 Å². The maximum Gasteiger partial charge on any atom is 0.243 e. The van der Waals surface area contributed by atoms with Gasteiger partial charge in [-0.25, -0.2) is 8.42 Å². The molecule has 0 spiro atoms. The molecule has 1 aliphatic rings. The van der Waals surface area contributed by atoms with Crippen molar-refractivity contribution in [1.29, 1.82) is 0 Å². The summed E-state index contributed by atoms with van der Waals surface area (Å²) in [5.74, 6) is 1.04. The third kappa shape index (κ3) is 6.62. The predicted octanol–water partition coefficient (Wildman–Crippen LogP) is 4.82. The van der Waals surface area contributed by atoms with E-state index in [1.54, 1.807) is 31.3 Å². The maximum atomic E-state index is 13.8. The highest BCUT2D eigenvalue weighted by molar-refractivity contribution is 7.89. The Kier molecular flexibility index (Phi) is 8.67. The first-order valence-corrected chi connectivity index (χ1v) is 14.6. The molecule has 3 aromatic carbocycles. The maximum absolute atomic E-state index is 13.8. The molecular formula is C31H38N2O5S. The topological polar surface area (TPSA) is 76.2 Å². The number of benzene rings is 3. The number of ether oxygens (including phenoxy) is 2. The molecule has 0 N–H and O–H groups in total. The summed E-state index contributed by atoms with van der Waals surface area (Å²) in [6.07, 6.45) is 1.17. The number of rotatable bonds is 9. The molecule has 7 nitrogen and oxygen atoms in total. The van der Waals surface area contributed by atoms with Crippen LogP contribution in [0.25, 0.3) is 0 Å². The van der Waals surface area contributed by atoms with E-state index in [-0.39, 0.29) is 29.3 Å². The number of amides is 1. The van der Waals surface area contributed by atoms with Gasteiger partial charge >= 0.3 is 0 Å². The fourth-order valence-corrected chi connectivity index (χ4v) is 6.20. The molecule has 8 heteroatoms. The number of hydrogen-bond donors (Lipinski definition) is 0. The first kappa shape index (κ1) is 28.6. The lowest BCUT2D eigenvalue weighted by Crippen LogP contribution is -2.45. The average molecular weight is 551 g/mol. The Morgan fingerprint density at radius 3 is 2.13 bits per heavy atom. The molecule has 0 radical (unpaired) electrons. The molecule has 3 aromatic rings. The van der Waals surface area contributed by atoms with E-state index in [9.17, 15) is 13.2 Å². The molecular weight excluding hydrogens is 512 g/mol. The largest absolute Gasteiger partial charge is 0.493 e. The molecule has 0 aliphatic carbocycles. The van der Waals surface area contributed by atoms with Crippen LogP contribution in [0.3, 0.4) is 0 Å². The molecule has 0 saturated carbocycles. The van der Waals surface area contributed by atoms with Gasteiger partial charge in [0.05, 0.1) is 25.7 Å². The first-order valence-electron chi connectivity index (χ1n) is 13.2. The highest BCUT2D eigenvalue weighted by atomic mass is 32.2. The van der Waals surface area contributed by atoms with Gasteiger partial charge in [-0.1, -0.05) is 63.2 Å². The zero-order valence-electron chi connectivity index (χ0n) is 23.4. The summed E-state index contributed by atoms with van der Waals surface area (Å²) in [6.45, 7) is 7.14. The Morgan fingerprint density at radius 1 is 0.923 bits per heavy atom. The van der Waals surface area contributed by atoms with Crippen LogP contribution in [-0.4, -0.2) is 57.4 Å². The smallest absolute Gasteiger partial charge is 0.243 e. The standard InChI is InChI=1S/C31H38N2O5S/c1-31(2,3)26-11-13-27(14-12-26)39(35,36)33(18-15-23-9-7-6-8-10-23)22-30(34)32-17-16-24-19-28(37-4)29(38-5)20-25(24)21-32/h6-14,19-20H,15-18,21-22H2,1-5H3. The minimum atomic E-state index is -3.90. The SMILES string of the molecule is COc1cc2c(cc1OC)CN(C(=O)CN(CCc1ccccc1)S(=O)(=O)c1ccc(C(C)(C)C)cc1)CC2. The van der Waals surface area contributed by atoms with Crippen LogP contribution in [0, 0.1) is 0 Å². The molecule has 208 valence electrons. The second kappa shape index (κ2) is 11.8. The van der Waals surface area contributed by atoms with Crippen molar-refractivity contribution in [3.8, 4) is 11.5 Å². The molecule has 1 amide bonds. The zero-order chi connectivity index (χ0) is 28.2. The summed E-state index contributed by atoms with van der Waals surface area (Å²) < 4.78 is 39.8. The van der Waals surface area contributed by atoms with Gasteiger partial charge in [-0.15, -0.1) is 0 Å². The van der Waals surface area contributed by atoms with Crippen molar-refractivity contribution >= 4 is 15.9 Å². The third-order valence-corrected chi connectivity index (χ3v) is 9.09. The number of fused-ring (bicyclic) bond motifs is 1. The Bertz CT molecular complexity index is 1400. The minimum absolute atomic E-state index is 0.0947. The van der Waals surface area contributed by atoms with Crippen LogP contribution in [0.2, 0.25) is 0 Å². The van der Waals surface area contributed by atoms with Gasteiger partial charge in [0.1, 0.15) is 0 Å². The molecule has 1 aliphatic heterocycles. The van der Waals surface area contributed by atoms with Crippen molar-refractivity contribution in [2.45, 2.75) is 50.5 Å². The van der Waals surface area contributed by atoms with Crippen LogP contribution in [0.4, 0.5) is 0 Å². The summed E-state index contributed by atoms with van der Waals surface area (Å²) in [5, 5.41) is 0. The zero-order valence-corrected chi connectivity index (χ0v) is 24.3. The molecule has 0 bridgehead atoms. The molecule has 39 heavy (non-hydrogen) atoms. The van der Waals surface area contributed by atoms with Crippen molar-refractivity contribution in [2.24, 2.45) is 0 Å². The lowest BCUT2D eigenvalue weighted by Gasteiger charge is -2.31. The lowest BCUT2D eigenvalue weighted by atomic mass is 9.87. The highest BCUT2D eigenvalue weighted by Crippen LogP contribution is 2.33. The molecule has 1 heterocycles. The van der Waals surface area contributed by atoms with E-state index in [0.29, 0.717) is 37.4 Å². The molecule has 4 rings (SSSR count). The quantitative estimate of drug-likeness (QED) is 0.382. The van der Waals surface area contributed by atoms with Crippen LogP contribution in [0.15, 0.2) is 71.6 Å². The Hall–Kier alpha value is -3.36. The summed E-state index contributed by atoms with van der Waals surface area (Å²) in [7, 11) is -0.714. The number of carbonyl (C=O) groups excluding carboxylic acids is 1. The van der Waals surface area contributed by atoms with Gasteiger partial charge in [-0.2, -0.15) is 4.31 Å². The van der Waals surface area contributed by atoms with Crippen molar-refractivity contribution in [1.82, 2.24) is 9.21 Å². The van der Waals surface area contributed by atoms with Gasteiger partial charge in [0, 0.05) is 19.6 Å². The Balaban J connectivity index is 1.57. The van der Waals surface area contributed by atoms with Crippen LogP contribution >= 0.6 is 0 Å². The summed E-state index contributed by atoms with van der Waals surface area (Å²) in [4.78, 5) is 15.5. The number of hydrogen-bond acceptors (Lipinski definition) is 5. The highest BCUT2D eigenvalue weighted by Gasteiger charge is 2.30. The molecule has 0 aromatic heterocycles. The molecule has 0 fully saturated rings. The van der Waals surface area contributed by atoms with E-state index in [0.717, 1.165) is 22.3 Å². The van der Waals surface area contributed by atoms with E-state index >= 15 is 0 Å². The van der Waals surface area contributed by atoms with E-state index in [4.69, 9.17) is 9.47 Å². The predicted molar refractivity (Wildman–Crippen MR) is 153 cm³/mol. The van der Waals surface area contributed by atoms with Crippen LogP contribution in [0.5, 0.6) is 11.5 Å². The summed E-state index contributed by atoms with van der Waals surface area (Å²) in [6, 6.07) is 20.6. The van der Waals surface area contributed by atoms with E-state index in [2.05, 4.69) is 20.8 Å². The van der Waals surface area contributed by atoms with Gasteiger partial charge < -0.3 is 14.4 Å². The van der Waals surface area contributed by atoms with Gasteiger partial charge in [0.25, 0.3) is 0 Å². The second-order valence-corrected chi connectivity index (χ2v) is 12.8. The number of nitrogens with zero attached hydrogens (tertiary/aromatic N) is 2. The third-order valence-electron chi connectivity index (χ3n) is 7.23. The fourth-order valence-electron chi connectivity index (χ4n) is 4.81. The van der Waals surface area contributed by atoms with Crippen molar-refractivity contribution in [3.63, 3.8) is 0 Å². The molecule has 0 saturated heterocycles. The Labute approximate surface area is 232 Å². The van der Waals surface area contributed by atoms with E-state index < -0.39 is 10.0 Å². The number of carbonyl (C=O) groups is 1. The normalized spacial score (nSPS) is 13.7. The van der Waals surface area contributed by atoms with E-state index in [1.165, 1.54) is 4.31 Å². The lowest BCUT2D eigenvalue weighted by molar-refractivity contribution is -0.132. The van der Waals surface area contributed by atoms with Crippen molar-refractivity contribution in [2.75, 3.05) is 33.9 Å². The van der Waals surface area contributed by atoms with Gasteiger partial charge in [-0.3, -0.25) is 4.79 Å². The van der Waals surface area contributed by atoms with Gasteiger partial charge in [0.2, 0.25) is 15.9 Å². The second-order valence-electron chi connectivity index (χ2n) is 10.9. The van der Waals surface area contributed by atoms with E-state index in [1.807, 2.05) is 54.6 Å². The number of methoxy groups -OCH3 is 2. The Morgan fingerprint density at radius 2 is 1.54 bits per heavy atom. The van der Waals surface area contributed by atoms with Crippen molar-refractivity contribution < 1.29 is 22.7 Å². The molecule has 0 atom stereocenters.